The summed E-state index contributed by atoms with van der Waals surface area (Å²) in [4.78, 5) is 27.3. The Labute approximate surface area is 195 Å². The summed E-state index contributed by atoms with van der Waals surface area (Å²) >= 11 is 6.11. The molecule has 1 aromatic heterocycles. The molecular formula is C25H22ClNO6. The maximum atomic E-state index is 13.1. The number of rotatable bonds is 7. The molecule has 4 rings (SSSR count). The molecule has 7 nitrogen and oxygen atoms in total. The van der Waals surface area contributed by atoms with Gasteiger partial charge in [0.05, 0.1) is 36.1 Å². The first-order valence-electron chi connectivity index (χ1n) is 10.4. The Morgan fingerprint density at radius 1 is 1.15 bits per heavy atom. The number of aliphatic hydroxyl groups is 1. The molecule has 1 amide bonds. The van der Waals surface area contributed by atoms with Crippen molar-refractivity contribution in [2.24, 2.45) is 0 Å². The van der Waals surface area contributed by atoms with E-state index in [2.05, 4.69) is 0 Å². The molecule has 33 heavy (non-hydrogen) atoms. The zero-order valence-electron chi connectivity index (χ0n) is 17.8. The number of aliphatic hydroxyl groups excluding tert-OH is 1. The molecule has 0 aliphatic carbocycles. The molecule has 1 unspecified atom stereocenters. The van der Waals surface area contributed by atoms with Gasteiger partial charge in [0.2, 0.25) is 0 Å². The van der Waals surface area contributed by atoms with Gasteiger partial charge in [-0.05, 0) is 60.5 Å². The number of ether oxygens (including phenoxy) is 1. The van der Waals surface area contributed by atoms with Gasteiger partial charge < -0.3 is 24.3 Å². The van der Waals surface area contributed by atoms with E-state index >= 15 is 0 Å². The minimum absolute atomic E-state index is 0.0152. The third kappa shape index (κ3) is 4.45. The van der Waals surface area contributed by atoms with Crippen LogP contribution in [-0.2, 0) is 16.1 Å². The van der Waals surface area contributed by atoms with Crippen molar-refractivity contribution >= 4 is 29.1 Å². The summed E-state index contributed by atoms with van der Waals surface area (Å²) in [5, 5.41) is 21.0. The van der Waals surface area contributed by atoms with Crippen molar-refractivity contribution in [3.63, 3.8) is 0 Å². The molecule has 0 bridgehead atoms. The van der Waals surface area contributed by atoms with Crippen LogP contribution in [0.5, 0.6) is 11.5 Å². The van der Waals surface area contributed by atoms with E-state index in [0.717, 1.165) is 6.42 Å². The van der Waals surface area contributed by atoms with Crippen LogP contribution in [0.1, 0.15) is 36.3 Å². The molecule has 170 valence electrons. The largest absolute Gasteiger partial charge is 0.507 e. The van der Waals surface area contributed by atoms with Crippen molar-refractivity contribution in [1.29, 1.82) is 0 Å². The van der Waals surface area contributed by atoms with E-state index in [1.54, 1.807) is 42.5 Å². The number of carbonyl (C=O) groups is 2. The summed E-state index contributed by atoms with van der Waals surface area (Å²) < 4.78 is 10.9. The molecule has 3 aromatic rings. The maximum Gasteiger partial charge on any atom is 0.296 e. The Hall–Kier alpha value is -3.71. The second-order valence-electron chi connectivity index (χ2n) is 7.59. The van der Waals surface area contributed by atoms with Crippen molar-refractivity contribution in [1.82, 2.24) is 4.90 Å². The van der Waals surface area contributed by atoms with Gasteiger partial charge in [-0.1, -0.05) is 24.6 Å². The molecule has 1 atom stereocenters. The van der Waals surface area contributed by atoms with Crippen LogP contribution >= 0.6 is 11.6 Å². The number of halogens is 1. The van der Waals surface area contributed by atoms with Gasteiger partial charge in [-0.15, -0.1) is 0 Å². The number of nitrogens with zero attached hydrogens (tertiary/aromatic N) is 1. The molecular weight excluding hydrogens is 446 g/mol. The molecule has 1 saturated heterocycles. The predicted octanol–water partition coefficient (Wildman–Crippen LogP) is 5.05. The second-order valence-corrected chi connectivity index (χ2v) is 8.00. The summed E-state index contributed by atoms with van der Waals surface area (Å²) in [7, 11) is 0. The number of hydrogen-bond donors (Lipinski definition) is 2. The van der Waals surface area contributed by atoms with Crippen LogP contribution in [0.15, 0.2) is 70.9 Å². The third-order valence-corrected chi connectivity index (χ3v) is 5.64. The summed E-state index contributed by atoms with van der Waals surface area (Å²) in [6.07, 6.45) is 2.33. The standard InChI is InChI=1S/C25H22ClNO6/c1-2-11-32-17-8-5-15(6-9-17)23(29)21-22(16-7-10-20(28)19(26)13-16)27(25(31)24(21)30)14-18-4-3-12-33-18/h3-10,12-13,22,28-29H,2,11,14H2,1H3/b23-21-. The maximum absolute atomic E-state index is 13.1. The highest BCUT2D eigenvalue weighted by molar-refractivity contribution is 6.46. The number of likely N-dealkylation sites (tertiary alicyclic amines) is 1. The van der Waals surface area contributed by atoms with Gasteiger partial charge in [0.15, 0.2) is 0 Å². The molecule has 1 fully saturated rings. The topological polar surface area (TPSA) is 100 Å². The number of amides is 1. The van der Waals surface area contributed by atoms with Crippen molar-refractivity contribution in [2.45, 2.75) is 25.9 Å². The van der Waals surface area contributed by atoms with Crippen molar-refractivity contribution in [3.05, 3.63) is 88.3 Å². The average Bonchev–Trinajstić information content (AvgIpc) is 3.42. The lowest BCUT2D eigenvalue weighted by Gasteiger charge is -2.24. The Morgan fingerprint density at radius 2 is 1.91 bits per heavy atom. The van der Waals surface area contributed by atoms with E-state index in [-0.39, 0.29) is 28.6 Å². The lowest BCUT2D eigenvalue weighted by Crippen LogP contribution is -2.29. The quantitative estimate of drug-likeness (QED) is 0.286. The lowest BCUT2D eigenvalue weighted by molar-refractivity contribution is -0.140. The van der Waals surface area contributed by atoms with E-state index in [4.69, 9.17) is 20.8 Å². The highest BCUT2D eigenvalue weighted by Crippen LogP contribution is 2.42. The van der Waals surface area contributed by atoms with Gasteiger partial charge in [-0.3, -0.25) is 9.59 Å². The molecule has 0 saturated carbocycles. The summed E-state index contributed by atoms with van der Waals surface area (Å²) in [5.41, 5.74) is 0.758. The Kier molecular flexibility index (Phi) is 6.42. The molecule has 2 N–H and O–H groups in total. The van der Waals surface area contributed by atoms with Crippen LogP contribution in [-0.4, -0.2) is 33.4 Å². The van der Waals surface area contributed by atoms with E-state index in [1.165, 1.54) is 23.3 Å². The molecule has 2 heterocycles. The number of benzene rings is 2. The number of Topliss-reactive ketones (excluding diaryl/α,β-unsaturated/α-hetero) is 1. The predicted molar refractivity (Wildman–Crippen MR) is 122 cm³/mol. The summed E-state index contributed by atoms with van der Waals surface area (Å²) in [5.74, 6) is -0.931. The first kappa shape index (κ1) is 22.5. The number of ketones is 1. The fourth-order valence-corrected chi connectivity index (χ4v) is 3.93. The van der Waals surface area contributed by atoms with Gasteiger partial charge in [0.25, 0.3) is 11.7 Å². The van der Waals surface area contributed by atoms with Gasteiger partial charge in [0, 0.05) is 5.56 Å². The van der Waals surface area contributed by atoms with Crippen molar-refractivity contribution < 1.29 is 29.0 Å². The molecule has 0 radical (unpaired) electrons. The monoisotopic (exact) mass is 467 g/mol. The minimum Gasteiger partial charge on any atom is -0.507 e. The van der Waals surface area contributed by atoms with E-state index in [9.17, 15) is 19.8 Å². The normalized spacial score (nSPS) is 17.5. The molecule has 8 heteroatoms. The highest BCUT2D eigenvalue weighted by atomic mass is 35.5. The van der Waals surface area contributed by atoms with E-state index in [1.807, 2.05) is 6.92 Å². The summed E-state index contributed by atoms with van der Waals surface area (Å²) in [6.45, 7) is 2.57. The van der Waals surface area contributed by atoms with Gasteiger partial charge >= 0.3 is 0 Å². The first-order chi connectivity index (χ1) is 15.9. The number of phenolic OH excluding ortho intramolecular Hbond substituents is 1. The fraction of sp³-hybridized carbons (Fsp3) is 0.200. The smallest absolute Gasteiger partial charge is 0.296 e. The van der Waals surface area contributed by atoms with E-state index < -0.39 is 17.7 Å². The number of carbonyl (C=O) groups excluding carboxylic acids is 2. The van der Waals surface area contributed by atoms with Crippen LogP contribution in [0.2, 0.25) is 5.02 Å². The number of furan rings is 1. The molecule has 2 aromatic carbocycles. The zero-order chi connectivity index (χ0) is 23.5. The number of phenols is 1. The summed E-state index contributed by atoms with van der Waals surface area (Å²) in [6, 6.07) is 13.5. The Bertz CT molecular complexity index is 1200. The number of aromatic hydroxyl groups is 1. The van der Waals surface area contributed by atoms with Gasteiger partial charge in [0.1, 0.15) is 23.0 Å². The zero-order valence-corrected chi connectivity index (χ0v) is 18.6. The third-order valence-electron chi connectivity index (χ3n) is 5.33. The molecule has 1 aliphatic heterocycles. The van der Waals surface area contributed by atoms with Gasteiger partial charge in [-0.2, -0.15) is 0 Å². The first-order valence-corrected chi connectivity index (χ1v) is 10.8. The van der Waals surface area contributed by atoms with Crippen LogP contribution < -0.4 is 4.74 Å². The highest BCUT2D eigenvalue weighted by Gasteiger charge is 2.46. The fourth-order valence-electron chi connectivity index (χ4n) is 3.74. The average molecular weight is 468 g/mol. The Morgan fingerprint density at radius 3 is 2.55 bits per heavy atom. The minimum atomic E-state index is -0.927. The van der Waals surface area contributed by atoms with Crippen LogP contribution in [0, 0.1) is 0 Å². The van der Waals surface area contributed by atoms with Gasteiger partial charge in [-0.25, -0.2) is 0 Å². The van der Waals surface area contributed by atoms with E-state index in [0.29, 0.717) is 29.2 Å². The second kappa shape index (κ2) is 9.42. The molecule has 0 spiro atoms. The molecule has 1 aliphatic rings. The Balaban J connectivity index is 1.80. The van der Waals surface area contributed by atoms with Crippen molar-refractivity contribution in [2.75, 3.05) is 6.61 Å². The van der Waals surface area contributed by atoms with Crippen LogP contribution in [0.25, 0.3) is 5.76 Å². The van der Waals surface area contributed by atoms with Crippen molar-refractivity contribution in [3.8, 4) is 11.5 Å². The SMILES string of the molecule is CCCOc1ccc(/C(O)=C2/C(=O)C(=O)N(Cc3ccco3)C2c2ccc(O)c(Cl)c2)cc1. The lowest BCUT2D eigenvalue weighted by atomic mass is 9.95. The van der Waals surface area contributed by atoms with Crippen LogP contribution in [0.4, 0.5) is 0 Å². The number of hydrogen-bond acceptors (Lipinski definition) is 6. The van der Waals surface area contributed by atoms with Crippen LogP contribution in [0.3, 0.4) is 0 Å².